The van der Waals surface area contributed by atoms with E-state index in [4.69, 9.17) is 21.1 Å². The number of rotatable bonds is 6. The van der Waals surface area contributed by atoms with Crippen LogP contribution in [0.1, 0.15) is 18.2 Å². The zero-order valence-corrected chi connectivity index (χ0v) is 16.8. The van der Waals surface area contributed by atoms with Crippen molar-refractivity contribution in [3.63, 3.8) is 0 Å². The van der Waals surface area contributed by atoms with Crippen LogP contribution < -0.4 is 15.1 Å². The molecule has 1 aliphatic heterocycles. The van der Waals surface area contributed by atoms with Crippen LogP contribution in [0.4, 0.5) is 5.13 Å². The van der Waals surface area contributed by atoms with E-state index < -0.39 is 0 Å². The zero-order valence-electron chi connectivity index (χ0n) is 15.2. The number of benzene rings is 1. The molecule has 1 amide bonds. The molecule has 27 heavy (non-hydrogen) atoms. The fourth-order valence-corrected chi connectivity index (χ4v) is 3.70. The van der Waals surface area contributed by atoms with E-state index in [0.717, 1.165) is 29.5 Å². The predicted molar refractivity (Wildman–Crippen MR) is 107 cm³/mol. The number of aromatic nitrogens is 1. The summed E-state index contributed by atoms with van der Waals surface area (Å²) in [7, 11) is 1.58. The van der Waals surface area contributed by atoms with E-state index in [1.807, 2.05) is 5.38 Å². The number of carbonyl (C=O) groups is 1. The van der Waals surface area contributed by atoms with E-state index >= 15 is 0 Å². The molecule has 0 atom stereocenters. The quantitative estimate of drug-likeness (QED) is 0.587. The highest BCUT2D eigenvalue weighted by atomic mass is 35.5. The number of methoxy groups -OCH3 is 1. The summed E-state index contributed by atoms with van der Waals surface area (Å²) in [6, 6.07) is 5.26. The molecule has 0 unspecified atom stereocenters. The van der Waals surface area contributed by atoms with Gasteiger partial charge in [-0.15, -0.1) is 11.3 Å². The molecule has 1 N–H and O–H groups in total. The highest BCUT2D eigenvalue weighted by Crippen LogP contribution is 2.23. The average molecular weight is 409 g/mol. The Morgan fingerprint density at radius 3 is 2.96 bits per heavy atom. The van der Waals surface area contributed by atoms with Crippen molar-refractivity contribution >= 4 is 39.7 Å². The van der Waals surface area contributed by atoms with Gasteiger partial charge in [0.05, 0.1) is 38.1 Å². The summed E-state index contributed by atoms with van der Waals surface area (Å²) in [5.41, 5.74) is 4.64. The number of amides is 1. The van der Waals surface area contributed by atoms with Gasteiger partial charge in [-0.05, 0) is 25.1 Å². The summed E-state index contributed by atoms with van der Waals surface area (Å²) in [5, 5.41) is 7.56. The lowest BCUT2D eigenvalue weighted by Crippen LogP contribution is -2.36. The molecule has 0 saturated carbocycles. The predicted octanol–water partition coefficient (Wildman–Crippen LogP) is 2.72. The number of anilines is 1. The van der Waals surface area contributed by atoms with Crippen LogP contribution >= 0.6 is 22.9 Å². The Morgan fingerprint density at radius 2 is 2.22 bits per heavy atom. The number of nitrogens with one attached hydrogen (secondary N) is 1. The summed E-state index contributed by atoms with van der Waals surface area (Å²) in [4.78, 5) is 18.9. The van der Waals surface area contributed by atoms with E-state index in [1.165, 1.54) is 11.3 Å². The molecule has 0 bridgehead atoms. The Labute approximate surface area is 166 Å². The third-order valence-electron chi connectivity index (χ3n) is 4.06. The summed E-state index contributed by atoms with van der Waals surface area (Å²) >= 11 is 7.58. The van der Waals surface area contributed by atoms with Crippen LogP contribution in [0.25, 0.3) is 0 Å². The van der Waals surface area contributed by atoms with Gasteiger partial charge in [-0.25, -0.2) is 10.4 Å². The Balaban J connectivity index is 1.60. The number of thiazole rings is 1. The lowest BCUT2D eigenvalue weighted by Gasteiger charge is -2.26. The first-order valence-electron chi connectivity index (χ1n) is 8.51. The molecular formula is C18H21ClN4O3S. The molecule has 2 heterocycles. The van der Waals surface area contributed by atoms with Gasteiger partial charge >= 0.3 is 0 Å². The minimum Gasteiger partial charge on any atom is -0.496 e. The van der Waals surface area contributed by atoms with E-state index in [1.54, 1.807) is 32.2 Å². The SMILES string of the molecule is COc1ccc(Cl)cc1/C(C)=N\NC(=O)Cc1csc(N2CCOCC2)n1. The van der Waals surface area contributed by atoms with Crippen LogP contribution in [-0.2, 0) is 16.0 Å². The van der Waals surface area contributed by atoms with Crippen molar-refractivity contribution in [3.8, 4) is 5.75 Å². The maximum atomic E-state index is 12.2. The number of hydrogen-bond acceptors (Lipinski definition) is 7. The van der Waals surface area contributed by atoms with Crippen LogP contribution in [-0.4, -0.2) is 50.0 Å². The maximum absolute atomic E-state index is 12.2. The van der Waals surface area contributed by atoms with E-state index in [2.05, 4.69) is 20.4 Å². The summed E-state index contributed by atoms with van der Waals surface area (Å²) in [6.07, 6.45) is 0.171. The van der Waals surface area contributed by atoms with Crippen molar-refractivity contribution in [2.45, 2.75) is 13.3 Å². The van der Waals surface area contributed by atoms with E-state index in [9.17, 15) is 4.79 Å². The molecule has 3 rings (SSSR count). The summed E-state index contributed by atoms with van der Waals surface area (Å²) in [6.45, 7) is 4.84. The number of nitrogens with zero attached hydrogens (tertiary/aromatic N) is 3. The van der Waals surface area contributed by atoms with Crippen molar-refractivity contribution in [3.05, 3.63) is 39.9 Å². The fourth-order valence-electron chi connectivity index (χ4n) is 2.65. The molecule has 1 aromatic carbocycles. The first-order chi connectivity index (χ1) is 13.1. The van der Waals surface area contributed by atoms with Crippen molar-refractivity contribution in [2.75, 3.05) is 38.3 Å². The van der Waals surface area contributed by atoms with Gasteiger partial charge in [0.15, 0.2) is 5.13 Å². The van der Waals surface area contributed by atoms with Crippen molar-refractivity contribution in [2.24, 2.45) is 5.10 Å². The topological polar surface area (TPSA) is 76.0 Å². The zero-order chi connectivity index (χ0) is 19.2. The number of morpholine rings is 1. The normalized spacial score (nSPS) is 14.9. The smallest absolute Gasteiger partial charge is 0.246 e. The van der Waals surface area contributed by atoms with Crippen molar-refractivity contribution in [1.82, 2.24) is 10.4 Å². The lowest BCUT2D eigenvalue weighted by molar-refractivity contribution is -0.120. The van der Waals surface area contributed by atoms with Gasteiger partial charge in [0.2, 0.25) is 5.91 Å². The minimum atomic E-state index is -0.228. The number of ether oxygens (including phenoxy) is 2. The van der Waals surface area contributed by atoms with Gasteiger partial charge in [0.1, 0.15) is 5.75 Å². The second kappa shape index (κ2) is 9.16. The Bertz CT molecular complexity index is 834. The molecule has 144 valence electrons. The minimum absolute atomic E-state index is 0.171. The first kappa shape index (κ1) is 19.6. The van der Waals surface area contributed by atoms with E-state index in [-0.39, 0.29) is 12.3 Å². The van der Waals surface area contributed by atoms with Crippen molar-refractivity contribution < 1.29 is 14.3 Å². The molecule has 0 aliphatic carbocycles. The highest BCUT2D eigenvalue weighted by Gasteiger charge is 2.16. The second-order valence-corrected chi connectivity index (χ2v) is 7.25. The number of hydrogen-bond donors (Lipinski definition) is 1. The number of hydrazone groups is 1. The molecule has 1 fully saturated rings. The molecule has 7 nitrogen and oxygen atoms in total. The monoisotopic (exact) mass is 408 g/mol. The van der Waals surface area contributed by atoms with Crippen LogP contribution in [0.15, 0.2) is 28.7 Å². The lowest BCUT2D eigenvalue weighted by atomic mass is 10.1. The van der Waals surface area contributed by atoms with Crippen LogP contribution in [0.3, 0.4) is 0 Å². The summed E-state index contributed by atoms with van der Waals surface area (Å²) < 4.78 is 10.7. The number of carbonyl (C=O) groups excluding carboxylic acids is 1. The molecule has 0 radical (unpaired) electrons. The molecule has 1 aromatic heterocycles. The average Bonchev–Trinajstić information content (AvgIpc) is 3.15. The van der Waals surface area contributed by atoms with Gasteiger partial charge < -0.3 is 14.4 Å². The first-order valence-corrected chi connectivity index (χ1v) is 9.76. The second-order valence-electron chi connectivity index (χ2n) is 5.97. The molecule has 0 spiro atoms. The standard InChI is InChI=1S/C18H21ClN4O3S/c1-12(15-9-13(19)3-4-16(15)25-2)21-22-17(24)10-14-11-27-18(20-14)23-5-7-26-8-6-23/h3-4,9,11H,5-8,10H2,1-2H3,(H,22,24)/b21-12-. The van der Waals surface area contributed by atoms with Crippen molar-refractivity contribution in [1.29, 1.82) is 0 Å². The molecule has 9 heteroatoms. The maximum Gasteiger partial charge on any atom is 0.246 e. The Morgan fingerprint density at radius 1 is 1.44 bits per heavy atom. The largest absolute Gasteiger partial charge is 0.496 e. The van der Waals surface area contributed by atoms with Crippen LogP contribution in [0.2, 0.25) is 5.02 Å². The molecule has 1 aliphatic rings. The van der Waals surface area contributed by atoms with Crippen LogP contribution in [0.5, 0.6) is 5.75 Å². The summed E-state index contributed by atoms with van der Waals surface area (Å²) in [5.74, 6) is 0.415. The van der Waals surface area contributed by atoms with Gasteiger partial charge in [0.25, 0.3) is 0 Å². The van der Waals surface area contributed by atoms with Gasteiger partial charge in [-0.1, -0.05) is 11.6 Å². The third-order valence-corrected chi connectivity index (χ3v) is 5.25. The number of halogens is 1. The molecule has 1 saturated heterocycles. The Hall–Kier alpha value is -2.16. The van der Waals surface area contributed by atoms with Crippen LogP contribution in [0, 0.1) is 0 Å². The van der Waals surface area contributed by atoms with E-state index in [0.29, 0.717) is 29.7 Å². The Kier molecular flexibility index (Phi) is 6.65. The van der Waals surface area contributed by atoms with Gasteiger partial charge in [-0.2, -0.15) is 5.10 Å². The fraction of sp³-hybridized carbons (Fsp3) is 0.389. The third kappa shape index (κ3) is 5.18. The highest BCUT2D eigenvalue weighted by molar-refractivity contribution is 7.13. The van der Waals surface area contributed by atoms with Gasteiger partial charge in [-0.3, -0.25) is 4.79 Å². The molecule has 2 aromatic rings. The van der Waals surface area contributed by atoms with Gasteiger partial charge in [0, 0.05) is 29.1 Å². The molecular weight excluding hydrogens is 388 g/mol.